The van der Waals surface area contributed by atoms with Crippen LogP contribution in [0.1, 0.15) is 51.6 Å². The second kappa shape index (κ2) is 10.1. The molecule has 0 saturated carbocycles. The van der Waals surface area contributed by atoms with Crippen LogP contribution in [0.3, 0.4) is 0 Å². The van der Waals surface area contributed by atoms with Crippen LogP contribution < -0.4 is 15.8 Å². The molecule has 2 aromatic rings. The van der Waals surface area contributed by atoms with Gasteiger partial charge in [0.2, 0.25) is 5.91 Å². The van der Waals surface area contributed by atoms with Gasteiger partial charge in [0.1, 0.15) is 5.82 Å². The predicted molar refractivity (Wildman–Crippen MR) is 136 cm³/mol. The van der Waals surface area contributed by atoms with Gasteiger partial charge >= 0.3 is 0 Å². The summed E-state index contributed by atoms with van der Waals surface area (Å²) in [5.41, 5.74) is 10.5. The van der Waals surface area contributed by atoms with Crippen molar-refractivity contribution in [3.63, 3.8) is 0 Å². The number of hydrogen-bond donors (Lipinski definition) is 2. The number of rotatable bonds is 8. The quantitative estimate of drug-likeness (QED) is 0.526. The molecule has 1 amide bonds. The van der Waals surface area contributed by atoms with Crippen LogP contribution in [0.2, 0.25) is 0 Å². The molecule has 5 rings (SSSR count). The number of amides is 1. The zero-order chi connectivity index (χ0) is 24.4. The third-order valence-electron chi connectivity index (χ3n) is 7.43. The average Bonchev–Trinajstić information content (AvgIpc) is 3.45. The van der Waals surface area contributed by atoms with Crippen LogP contribution in [0.25, 0.3) is 0 Å². The van der Waals surface area contributed by atoms with E-state index < -0.39 is 0 Å². The van der Waals surface area contributed by atoms with E-state index in [-0.39, 0.29) is 17.8 Å². The first-order valence-electron chi connectivity index (χ1n) is 12.7. The summed E-state index contributed by atoms with van der Waals surface area (Å²) in [5.74, 6) is 0.586. The first kappa shape index (κ1) is 23.3. The van der Waals surface area contributed by atoms with Gasteiger partial charge in [0.15, 0.2) is 0 Å². The molecule has 3 atom stereocenters. The Balaban J connectivity index is 1.31. The summed E-state index contributed by atoms with van der Waals surface area (Å²) >= 11 is 0. The van der Waals surface area contributed by atoms with Crippen molar-refractivity contribution in [2.24, 2.45) is 11.8 Å². The highest BCUT2D eigenvalue weighted by Crippen LogP contribution is 2.49. The predicted octanol–water partition coefficient (Wildman–Crippen LogP) is 5.59. The maximum atomic E-state index is 13.4. The number of fused-ring (bicyclic) bond motifs is 1. The maximum absolute atomic E-state index is 13.4. The normalized spacial score (nSPS) is 21.6. The fourth-order valence-electron chi connectivity index (χ4n) is 5.85. The molecule has 0 radical (unpaired) electrons. The molecule has 1 unspecified atom stereocenters. The third kappa shape index (κ3) is 4.88. The van der Waals surface area contributed by atoms with E-state index in [0.717, 1.165) is 49.2 Å². The Labute approximate surface area is 206 Å². The highest BCUT2D eigenvalue weighted by Gasteiger charge is 2.38. The summed E-state index contributed by atoms with van der Waals surface area (Å²) in [6.07, 6.45) is 11.6. The fourth-order valence-corrected chi connectivity index (χ4v) is 5.85. The number of anilines is 1. The maximum Gasteiger partial charge on any atom is 0.226 e. The average molecular weight is 473 g/mol. The van der Waals surface area contributed by atoms with E-state index in [2.05, 4.69) is 41.9 Å². The molecular weight excluding hydrogens is 439 g/mol. The van der Waals surface area contributed by atoms with Crippen molar-refractivity contribution < 1.29 is 9.18 Å². The molecule has 0 bridgehead atoms. The van der Waals surface area contributed by atoms with Crippen molar-refractivity contribution in [3.05, 3.63) is 94.9 Å². The van der Waals surface area contributed by atoms with E-state index >= 15 is 0 Å². The van der Waals surface area contributed by atoms with Crippen LogP contribution >= 0.6 is 0 Å². The van der Waals surface area contributed by atoms with Crippen molar-refractivity contribution in [2.75, 3.05) is 5.01 Å². The number of carbonyl (C=O) groups is 1. The number of nitrogens with zero attached hydrogens (tertiary/aromatic N) is 2. The fraction of sp³-hybridized carbons (Fsp3) is 0.379. The van der Waals surface area contributed by atoms with Crippen molar-refractivity contribution in [1.82, 2.24) is 15.7 Å². The number of halogens is 1. The molecule has 2 heterocycles. The monoisotopic (exact) mass is 472 g/mol. The van der Waals surface area contributed by atoms with Gasteiger partial charge in [-0.1, -0.05) is 31.9 Å². The summed E-state index contributed by atoms with van der Waals surface area (Å²) in [7, 11) is 0. The minimum Gasteiger partial charge on any atom is -0.353 e. The summed E-state index contributed by atoms with van der Waals surface area (Å²) in [6.45, 7) is 4.46. The van der Waals surface area contributed by atoms with Gasteiger partial charge in [-0.2, -0.15) is 0 Å². The number of hydrazine groups is 1. The highest BCUT2D eigenvalue weighted by atomic mass is 19.1. The Morgan fingerprint density at radius 1 is 1.26 bits per heavy atom. The Hall–Kier alpha value is -3.41. The molecule has 35 heavy (non-hydrogen) atoms. The summed E-state index contributed by atoms with van der Waals surface area (Å²) in [4.78, 5) is 17.0. The molecule has 3 aliphatic rings. The van der Waals surface area contributed by atoms with Crippen LogP contribution in [0.15, 0.2) is 83.4 Å². The topological polar surface area (TPSA) is 57.3 Å². The number of allylic oxidation sites excluding steroid dienone is 4. The van der Waals surface area contributed by atoms with Crippen molar-refractivity contribution >= 4 is 11.6 Å². The molecule has 0 fully saturated rings. The van der Waals surface area contributed by atoms with Crippen molar-refractivity contribution in [3.8, 4) is 0 Å². The van der Waals surface area contributed by atoms with Gasteiger partial charge < -0.3 is 10.7 Å². The zero-order valence-corrected chi connectivity index (χ0v) is 20.4. The minimum absolute atomic E-state index is 0.0471. The number of aromatic nitrogens is 1. The Morgan fingerprint density at radius 2 is 2.09 bits per heavy atom. The van der Waals surface area contributed by atoms with Crippen LogP contribution in [0.5, 0.6) is 0 Å². The Kier molecular flexibility index (Phi) is 6.71. The third-order valence-corrected chi connectivity index (χ3v) is 7.43. The first-order chi connectivity index (χ1) is 17.0. The standard InChI is InChI=1S/C29H33FN4O/c1-3-6-24(33-28(35)17-23-7-4-5-14-31-23)15-20-8-9-21-16-27-26(19(2)29(20)21)18-32-34(27)25-12-10-22(30)11-13-25/h4-5,7,10-14,16,18-20,24,32H,3,6,8-9,15,17H2,1-2H3,(H,33,35)/t19-,20+,24?/m0/s1. The van der Waals surface area contributed by atoms with Gasteiger partial charge in [0, 0.05) is 35.6 Å². The minimum atomic E-state index is -0.232. The van der Waals surface area contributed by atoms with Gasteiger partial charge in [0.25, 0.3) is 0 Å². The largest absolute Gasteiger partial charge is 0.353 e. The van der Waals surface area contributed by atoms with Crippen LogP contribution in [0.4, 0.5) is 10.1 Å². The molecule has 6 heteroatoms. The van der Waals surface area contributed by atoms with Gasteiger partial charge in [-0.25, -0.2) is 4.39 Å². The Bertz CT molecular complexity index is 1170. The van der Waals surface area contributed by atoms with Gasteiger partial charge in [-0.3, -0.25) is 14.8 Å². The second-order valence-electron chi connectivity index (χ2n) is 9.79. The molecule has 182 valence electrons. The van der Waals surface area contributed by atoms with Crippen molar-refractivity contribution in [2.45, 2.75) is 58.4 Å². The Morgan fingerprint density at radius 3 is 2.83 bits per heavy atom. The lowest BCUT2D eigenvalue weighted by molar-refractivity contribution is -0.121. The number of carbonyl (C=O) groups excluding carboxylic acids is 1. The van der Waals surface area contributed by atoms with Gasteiger partial charge in [-0.05, 0) is 79.6 Å². The molecule has 1 aliphatic heterocycles. The van der Waals surface area contributed by atoms with Crippen molar-refractivity contribution in [1.29, 1.82) is 0 Å². The van der Waals surface area contributed by atoms with Gasteiger partial charge in [0.05, 0.1) is 17.8 Å². The summed E-state index contributed by atoms with van der Waals surface area (Å²) in [6, 6.07) is 12.4. The van der Waals surface area contributed by atoms with Crippen LogP contribution in [-0.2, 0) is 11.2 Å². The van der Waals surface area contributed by atoms with Crippen LogP contribution in [-0.4, -0.2) is 16.9 Å². The molecule has 0 saturated heterocycles. The first-order valence-corrected chi connectivity index (χ1v) is 12.7. The lowest BCUT2D eigenvalue weighted by Gasteiger charge is -2.31. The van der Waals surface area contributed by atoms with E-state index in [0.29, 0.717) is 18.3 Å². The number of nitrogens with one attached hydrogen (secondary N) is 2. The lowest BCUT2D eigenvalue weighted by Crippen LogP contribution is -2.37. The summed E-state index contributed by atoms with van der Waals surface area (Å²) < 4.78 is 13.4. The summed E-state index contributed by atoms with van der Waals surface area (Å²) in [5, 5.41) is 5.34. The number of benzene rings is 1. The zero-order valence-electron chi connectivity index (χ0n) is 20.4. The van der Waals surface area contributed by atoms with Gasteiger partial charge in [-0.15, -0.1) is 0 Å². The smallest absolute Gasteiger partial charge is 0.226 e. The molecule has 1 aromatic heterocycles. The molecule has 5 nitrogen and oxygen atoms in total. The SMILES string of the molecule is CCCC(C[C@H]1CCC2=C1[C@@H](C)C1=CNN(c3ccc(F)cc3)C1=C2)NC(=O)Cc1ccccn1. The molecule has 2 N–H and O–H groups in total. The molecule has 0 spiro atoms. The molecule has 1 aromatic carbocycles. The lowest BCUT2D eigenvalue weighted by atomic mass is 9.78. The molecular formula is C29H33FN4O. The second-order valence-corrected chi connectivity index (χ2v) is 9.79. The van der Waals surface area contributed by atoms with E-state index in [1.54, 1.807) is 18.3 Å². The molecule has 2 aliphatic carbocycles. The van der Waals surface area contributed by atoms with E-state index in [1.165, 1.54) is 28.9 Å². The number of pyridine rings is 1. The van der Waals surface area contributed by atoms with E-state index in [9.17, 15) is 9.18 Å². The highest BCUT2D eigenvalue weighted by molar-refractivity contribution is 5.78. The van der Waals surface area contributed by atoms with Crippen LogP contribution in [0, 0.1) is 17.7 Å². The van der Waals surface area contributed by atoms with E-state index in [1.807, 2.05) is 23.2 Å². The number of hydrogen-bond acceptors (Lipinski definition) is 4. The van der Waals surface area contributed by atoms with E-state index in [4.69, 9.17) is 0 Å².